The van der Waals surface area contributed by atoms with Crippen molar-refractivity contribution in [3.63, 3.8) is 0 Å². The van der Waals surface area contributed by atoms with Gasteiger partial charge in [0.15, 0.2) is 23.2 Å². The number of hydrogen-bond acceptors (Lipinski definition) is 2. The van der Waals surface area contributed by atoms with E-state index < -0.39 is 47.0 Å². The van der Waals surface area contributed by atoms with Gasteiger partial charge in [-0.3, -0.25) is 0 Å². The van der Waals surface area contributed by atoms with E-state index in [0.717, 1.165) is 24.3 Å². The molecule has 3 aromatic carbocycles. The van der Waals surface area contributed by atoms with E-state index in [1.165, 1.54) is 19.1 Å². The molecule has 0 spiro atoms. The first-order valence-electron chi connectivity index (χ1n) is 8.55. The van der Waals surface area contributed by atoms with Gasteiger partial charge in [-0.1, -0.05) is 24.3 Å². The fourth-order valence-corrected chi connectivity index (χ4v) is 2.67. The van der Waals surface area contributed by atoms with Crippen molar-refractivity contribution in [2.24, 2.45) is 0 Å². The first-order chi connectivity index (χ1) is 14.4. The lowest BCUT2D eigenvalue weighted by molar-refractivity contribution is -0.275. The van der Waals surface area contributed by atoms with Crippen LogP contribution in [0.15, 0.2) is 54.6 Å². The summed E-state index contributed by atoms with van der Waals surface area (Å²) in [6.07, 6.45) is -9.16. The summed E-state index contributed by atoms with van der Waals surface area (Å²) in [5, 5.41) is 0. The van der Waals surface area contributed by atoms with E-state index in [0.29, 0.717) is 18.2 Å². The van der Waals surface area contributed by atoms with Crippen molar-refractivity contribution in [3.8, 4) is 22.6 Å². The monoisotopic (exact) mass is 448 g/mol. The Morgan fingerprint density at radius 3 is 1.94 bits per heavy atom. The Bertz CT molecular complexity index is 1090. The first-order valence-corrected chi connectivity index (χ1v) is 8.55. The Labute approximate surface area is 170 Å². The molecule has 0 bridgehead atoms. The highest BCUT2D eigenvalue weighted by atomic mass is 19.4. The van der Waals surface area contributed by atoms with E-state index in [-0.39, 0.29) is 16.7 Å². The van der Waals surface area contributed by atoms with Gasteiger partial charge in [0.2, 0.25) is 0 Å². The summed E-state index contributed by atoms with van der Waals surface area (Å²) in [4.78, 5) is 0. The maximum Gasteiger partial charge on any atom is 0.573 e. The molecular weight excluding hydrogens is 436 g/mol. The molecule has 0 saturated carbocycles. The predicted molar refractivity (Wildman–Crippen MR) is 94.1 cm³/mol. The number of hydrogen-bond donors (Lipinski definition) is 0. The summed E-state index contributed by atoms with van der Waals surface area (Å²) in [5.74, 6) is -5.71. The van der Waals surface area contributed by atoms with Crippen LogP contribution in [0.1, 0.15) is 11.1 Å². The standard InChI is InChI=1S/C21H12F8O2/c1-11-2-8-15(19(24)18(11)23)12-3-5-13(6-4-12)20(25,26)30-14-7-9-17(16(22)10-14)31-21(27,28)29/h2-10H,1H3. The molecule has 10 heteroatoms. The van der Waals surface area contributed by atoms with Crippen LogP contribution in [0.2, 0.25) is 0 Å². The highest BCUT2D eigenvalue weighted by Gasteiger charge is 2.36. The maximum atomic E-state index is 14.4. The zero-order chi connectivity index (χ0) is 23.0. The fourth-order valence-electron chi connectivity index (χ4n) is 2.67. The maximum absolute atomic E-state index is 14.4. The van der Waals surface area contributed by atoms with Crippen molar-refractivity contribution in [1.29, 1.82) is 0 Å². The third kappa shape index (κ3) is 5.07. The third-order valence-corrected chi connectivity index (χ3v) is 4.18. The molecule has 0 atom stereocenters. The van der Waals surface area contributed by atoms with Crippen LogP contribution >= 0.6 is 0 Å². The van der Waals surface area contributed by atoms with E-state index >= 15 is 0 Å². The van der Waals surface area contributed by atoms with Crippen molar-refractivity contribution in [1.82, 2.24) is 0 Å². The minimum atomic E-state index is -5.16. The fraction of sp³-hybridized carbons (Fsp3) is 0.143. The van der Waals surface area contributed by atoms with E-state index in [1.54, 1.807) is 0 Å². The number of benzene rings is 3. The van der Waals surface area contributed by atoms with Gasteiger partial charge in [-0.2, -0.15) is 8.78 Å². The number of halogens is 8. The molecule has 0 unspecified atom stereocenters. The summed E-state index contributed by atoms with van der Waals surface area (Å²) in [7, 11) is 0. The average Bonchev–Trinajstić information content (AvgIpc) is 2.67. The van der Waals surface area contributed by atoms with Gasteiger partial charge in [-0.25, -0.2) is 13.2 Å². The van der Waals surface area contributed by atoms with Crippen molar-refractivity contribution in [2.45, 2.75) is 19.4 Å². The normalized spacial score (nSPS) is 12.0. The Balaban J connectivity index is 1.81. The molecule has 0 saturated heterocycles. The summed E-state index contributed by atoms with van der Waals surface area (Å²) in [6.45, 7) is 1.37. The largest absolute Gasteiger partial charge is 0.573 e. The average molecular weight is 448 g/mol. The number of rotatable bonds is 5. The lowest BCUT2D eigenvalue weighted by atomic mass is 10.0. The smallest absolute Gasteiger partial charge is 0.429 e. The molecule has 0 fully saturated rings. The van der Waals surface area contributed by atoms with Gasteiger partial charge in [0.25, 0.3) is 0 Å². The van der Waals surface area contributed by atoms with Crippen LogP contribution in [0.4, 0.5) is 35.1 Å². The summed E-state index contributed by atoms with van der Waals surface area (Å²) >= 11 is 0. The topological polar surface area (TPSA) is 18.5 Å². The highest BCUT2D eigenvalue weighted by molar-refractivity contribution is 5.65. The SMILES string of the molecule is Cc1ccc(-c2ccc(C(F)(F)Oc3ccc(OC(F)(F)F)c(F)c3)cc2)c(F)c1F. The van der Waals surface area contributed by atoms with Crippen LogP contribution in [0.3, 0.4) is 0 Å². The van der Waals surface area contributed by atoms with Crippen molar-refractivity contribution < 1.29 is 44.6 Å². The van der Waals surface area contributed by atoms with Gasteiger partial charge in [0.05, 0.1) is 5.56 Å². The van der Waals surface area contributed by atoms with Crippen LogP contribution in [-0.4, -0.2) is 6.36 Å². The zero-order valence-corrected chi connectivity index (χ0v) is 15.5. The summed E-state index contributed by atoms with van der Waals surface area (Å²) < 4.78 is 115. The van der Waals surface area contributed by atoms with E-state index in [2.05, 4.69) is 9.47 Å². The van der Waals surface area contributed by atoms with Crippen LogP contribution < -0.4 is 9.47 Å². The van der Waals surface area contributed by atoms with Gasteiger partial charge in [0.1, 0.15) is 5.75 Å². The van der Waals surface area contributed by atoms with Gasteiger partial charge >= 0.3 is 12.5 Å². The summed E-state index contributed by atoms with van der Waals surface area (Å²) in [5.41, 5.74) is -0.645. The van der Waals surface area contributed by atoms with Crippen molar-refractivity contribution in [3.05, 3.63) is 83.2 Å². The Morgan fingerprint density at radius 2 is 1.35 bits per heavy atom. The molecule has 0 radical (unpaired) electrons. The Morgan fingerprint density at radius 1 is 0.710 bits per heavy atom. The van der Waals surface area contributed by atoms with Gasteiger partial charge in [0, 0.05) is 11.6 Å². The third-order valence-electron chi connectivity index (χ3n) is 4.18. The molecule has 0 aliphatic rings. The van der Waals surface area contributed by atoms with E-state index in [1.807, 2.05) is 0 Å². The number of alkyl halides is 5. The molecule has 3 rings (SSSR count). The van der Waals surface area contributed by atoms with Gasteiger partial charge in [-0.15, -0.1) is 13.2 Å². The molecule has 2 nitrogen and oxygen atoms in total. The number of aryl methyl sites for hydroxylation is 1. The molecule has 3 aromatic rings. The second-order valence-electron chi connectivity index (χ2n) is 6.39. The van der Waals surface area contributed by atoms with E-state index in [4.69, 9.17) is 0 Å². The molecule has 0 aromatic heterocycles. The molecule has 0 aliphatic carbocycles. The molecule has 0 amide bonds. The van der Waals surface area contributed by atoms with Crippen molar-refractivity contribution >= 4 is 0 Å². The van der Waals surface area contributed by atoms with Gasteiger partial charge < -0.3 is 9.47 Å². The second kappa shape index (κ2) is 8.09. The molecule has 31 heavy (non-hydrogen) atoms. The molecule has 0 aliphatic heterocycles. The van der Waals surface area contributed by atoms with Crippen LogP contribution in [0, 0.1) is 24.4 Å². The minimum Gasteiger partial charge on any atom is -0.429 e. The van der Waals surface area contributed by atoms with Crippen molar-refractivity contribution in [2.75, 3.05) is 0 Å². The Hall–Kier alpha value is -3.30. The highest BCUT2D eigenvalue weighted by Crippen LogP contribution is 2.36. The van der Waals surface area contributed by atoms with E-state index in [9.17, 15) is 35.1 Å². The molecule has 0 N–H and O–H groups in total. The molecular formula is C21H12F8O2. The minimum absolute atomic E-state index is 0.0803. The lowest BCUT2D eigenvalue weighted by Crippen LogP contribution is -2.22. The Kier molecular flexibility index (Phi) is 5.84. The molecule has 0 heterocycles. The predicted octanol–water partition coefficient (Wildman–Crippen LogP) is 7.11. The van der Waals surface area contributed by atoms with Crippen LogP contribution in [0.25, 0.3) is 11.1 Å². The van der Waals surface area contributed by atoms with Crippen LogP contribution in [-0.2, 0) is 6.11 Å². The summed E-state index contributed by atoms with van der Waals surface area (Å²) in [6, 6.07) is 8.12. The quantitative estimate of drug-likeness (QED) is 0.388. The van der Waals surface area contributed by atoms with Crippen LogP contribution in [0.5, 0.6) is 11.5 Å². The zero-order valence-electron chi connectivity index (χ0n) is 15.5. The second-order valence-corrected chi connectivity index (χ2v) is 6.39. The number of ether oxygens (including phenoxy) is 2. The van der Waals surface area contributed by atoms with Gasteiger partial charge in [-0.05, 0) is 42.3 Å². The molecule has 164 valence electrons. The lowest BCUT2D eigenvalue weighted by Gasteiger charge is -2.19. The first kappa shape index (κ1) is 22.4.